The summed E-state index contributed by atoms with van der Waals surface area (Å²) in [5, 5.41) is 0.439. The molecule has 0 nitrogen and oxygen atoms in total. The van der Waals surface area contributed by atoms with Gasteiger partial charge in [0, 0.05) is 4.47 Å². The molecule has 0 radical (unpaired) electrons. The van der Waals surface area contributed by atoms with Crippen molar-refractivity contribution in [2.24, 2.45) is 0 Å². The van der Waals surface area contributed by atoms with Gasteiger partial charge in [-0.05, 0) is 29.0 Å². The van der Waals surface area contributed by atoms with Crippen LogP contribution in [0, 0.1) is 0 Å². The Kier molecular flexibility index (Phi) is 4.69. The molecule has 0 aliphatic rings. The summed E-state index contributed by atoms with van der Waals surface area (Å²) in [7, 11) is 0. The molecule has 1 unspecified atom stereocenters. The van der Waals surface area contributed by atoms with Gasteiger partial charge in [-0.15, -0.1) is 11.8 Å². The first-order chi connectivity index (χ1) is 8.31. The molecule has 0 spiro atoms. The molecule has 2 heteroatoms. The Hall–Kier alpha value is -0.730. The fourth-order valence-electron chi connectivity index (χ4n) is 1.82. The van der Waals surface area contributed by atoms with E-state index in [-0.39, 0.29) is 0 Å². The summed E-state index contributed by atoms with van der Waals surface area (Å²) in [4.78, 5) is 0. The van der Waals surface area contributed by atoms with E-state index in [4.69, 9.17) is 0 Å². The van der Waals surface area contributed by atoms with Gasteiger partial charge in [-0.1, -0.05) is 65.3 Å². The van der Waals surface area contributed by atoms with E-state index in [1.165, 1.54) is 11.1 Å². The molecule has 2 rings (SSSR count). The summed E-state index contributed by atoms with van der Waals surface area (Å²) in [6.45, 7) is 2.21. The lowest BCUT2D eigenvalue weighted by atomic mass is 10.0. The number of halogens is 1. The third kappa shape index (κ3) is 3.36. The lowest BCUT2D eigenvalue weighted by molar-refractivity contribution is 1.15. The average Bonchev–Trinajstić information content (AvgIpc) is 2.38. The minimum absolute atomic E-state index is 0.439. The Labute approximate surface area is 116 Å². The molecule has 0 saturated carbocycles. The molecular formula is C15H15BrS. The van der Waals surface area contributed by atoms with E-state index < -0.39 is 0 Å². The van der Waals surface area contributed by atoms with Gasteiger partial charge < -0.3 is 0 Å². The van der Waals surface area contributed by atoms with Gasteiger partial charge in [0.05, 0.1) is 5.25 Å². The molecule has 17 heavy (non-hydrogen) atoms. The number of thioether (sulfide) groups is 1. The van der Waals surface area contributed by atoms with Crippen LogP contribution in [0.1, 0.15) is 23.3 Å². The third-order valence-corrected chi connectivity index (χ3v) is 4.35. The molecule has 88 valence electrons. The van der Waals surface area contributed by atoms with Crippen molar-refractivity contribution in [3.63, 3.8) is 0 Å². The highest BCUT2D eigenvalue weighted by atomic mass is 79.9. The Morgan fingerprint density at radius 3 is 2.12 bits per heavy atom. The monoisotopic (exact) mass is 306 g/mol. The van der Waals surface area contributed by atoms with Gasteiger partial charge in [-0.2, -0.15) is 0 Å². The second-order valence-corrected chi connectivity index (χ2v) is 6.10. The number of hydrogen-bond acceptors (Lipinski definition) is 1. The number of benzene rings is 2. The van der Waals surface area contributed by atoms with Gasteiger partial charge in [-0.25, -0.2) is 0 Å². The normalized spacial score (nSPS) is 12.4. The van der Waals surface area contributed by atoms with Crippen LogP contribution in [0.3, 0.4) is 0 Å². The summed E-state index contributed by atoms with van der Waals surface area (Å²) in [6, 6.07) is 19.3. The highest BCUT2D eigenvalue weighted by molar-refractivity contribution is 9.10. The zero-order valence-electron chi connectivity index (χ0n) is 9.77. The first-order valence-corrected chi connectivity index (χ1v) is 7.57. The molecule has 0 fully saturated rings. The van der Waals surface area contributed by atoms with Crippen LogP contribution in [-0.4, -0.2) is 5.75 Å². The van der Waals surface area contributed by atoms with E-state index in [9.17, 15) is 0 Å². The maximum absolute atomic E-state index is 3.48. The SMILES string of the molecule is CCSC(c1ccccc1)c1ccc(Br)cc1. The van der Waals surface area contributed by atoms with Crippen molar-refractivity contribution < 1.29 is 0 Å². The Morgan fingerprint density at radius 1 is 0.941 bits per heavy atom. The molecule has 0 saturated heterocycles. The highest BCUT2D eigenvalue weighted by Gasteiger charge is 2.13. The third-order valence-electron chi connectivity index (χ3n) is 2.61. The second-order valence-electron chi connectivity index (χ2n) is 3.80. The van der Waals surface area contributed by atoms with Crippen molar-refractivity contribution in [3.05, 3.63) is 70.2 Å². The summed E-state index contributed by atoms with van der Waals surface area (Å²) in [5.41, 5.74) is 2.74. The van der Waals surface area contributed by atoms with Gasteiger partial charge in [0.25, 0.3) is 0 Å². The van der Waals surface area contributed by atoms with Crippen LogP contribution in [0.2, 0.25) is 0 Å². The number of hydrogen-bond donors (Lipinski definition) is 0. The molecule has 0 aliphatic heterocycles. The van der Waals surface area contributed by atoms with Crippen molar-refractivity contribution in [3.8, 4) is 0 Å². The molecule has 1 atom stereocenters. The molecule has 2 aromatic carbocycles. The molecular weight excluding hydrogens is 292 g/mol. The Morgan fingerprint density at radius 2 is 1.53 bits per heavy atom. The van der Waals surface area contributed by atoms with E-state index in [0.717, 1.165) is 10.2 Å². The van der Waals surface area contributed by atoms with E-state index in [1.807, 2.05) is 11.8 Å². The largest absolute Gasteiger partial charge is 0.149 e. The molecule has 0 amide bonds. The van der Waals surface area contributed by atoms with E-state index in [2.05, 4.69) is 77.5 Å². The van der Waals surface area contributed by atoms with Crippen LogP contribution >= 0.6 is 27.7 Å². The lowest BCUT2D eigenvalue weighted by Gasteiger charge is -2.16. The van der Waals surface area contributed by atoms with Crippen molar-refractivity contribution in [2.45, 2.75) is 12.2 Å². The molecule has 0 N–H and O–H groups in total. The summed E-state index contributed by atoms with van der Waals surface area (Å²) >= 11 is 5.46. The average molecular weight is 307 g/mol. The maximum atomic E-state index is 3.48. The van der Waals surface area contributed by atoms with Gasteiger partial charge >= 0.3 is 0 Å². The van der Waals surface area contributed by atoms with Crippen LogP contribution in [0.25, 0.3) is 0 Å². The summed E-state index contributed by atoms with van der Waals surface area (Å²) in [5.74, 6) is 1.12. The fourth-order valence-corrected chi connectivity index (χ4v) is 3.11. The minimum Gasteiger partial charge on any atom is -0.149 e. The quantitative estimate of drug-likeness (QED) is 0.739. The van der Waals surface area contributed by atoms with Crippen LogP contribution in [0.4, 0.5) is 0 Å². The van der Waals surface area contributed by atoms with Crippen molar-refractivity contribution >= 4 is 27.7 Å². The van der Waals surface area contributed by atoms with E-state index in [0.29, 0.717) is 5.25 Å². The topological polar surface area (TPSA) is 0 Å². The summed E-state index contributed by atoms with van der Waals surface area (Å²) in [6.07, 6.45) is 0. The zero-order valence-corrected chi connectivity index (χ0v) is 12.2. The zero-order chi connectivity index (χ0) is 12.1. The fraction of sp³-hybridized carbons (Fsp3) is 0.200. The van der Waals surface area contributed by atoms with Crippen LogP contribution < -0.4 is 0 Å². The van der Waals surface area contributed by atoms with Crippen molar-refractivity contribution in [2.75, 3.05) is 5.75 Å². The highest BCUT2D eigenvalue weighted by Crippen LogP contribution is 2.35. The lowest BCUT2D eigenvalue weighted by Crippen LogP contribution is -1.96. The van der Waals surface area contributed by atoms with Gasteiger partial charge in [0.15, 0.2) is 0 Å². The second kappa shape index (κ2) is 6.27. The smallest absolute Gasteiger partial charge is 0.0546 e. The number of rotatable bonds is 4. The Balaban J connectivity index is 2.32. The predicted molar refractivity (Wildman–Crippen MR) is 80.6 cm³/mol. The molecule has 0 heterocycles. The van der Waals surface area contributed by atoms with Crippen LogP contribution in [-0.2, 0) is 0 Å². The molecule has 0 aromatic heterocycles. The van der Waals surface area contributed by atoms with E-state index in [1.54, 1.807) is 0 Å². The van der Waals surface area contributed by atoms with Crippen LogP contribution in [0.15, 0.2) is 59.1 Å². The van der Waals surface area contributed by atoms with Crippen molar-refractivity contribution in [1.82, 2.24) is 0 Å². The standard InChI is InChI=1S/C15H15BrS/c1-2-17-15(12-6-4-3-5-7-12)13-8-10-14(16)11-9-13/h3-11,15H,2H2,1H3. The maximum Gasteiger partial charge on any atom is 0.0546 e. The Bertz CT molecular complexity index is 450. The minimum atomic E-state index is 0.439. The predicted octanol–water partition coefficient (Wildman–Crippen LogP) is 5.29. The van der Waals surface area contributed by atoms with Gasteiger partial charge in [0.2, 0.25) is 0 Å². The first kappa shape index (κ1) is 12.7. The van der Waals surface area contributed by atoms with Gasteiger partial charge in [0.1, 0.15) is 0 Å². The van der Waals surface area contributed by atoms with Crippen molar-refractivity contribution in [1.29, 1.82) is 0 Å². The van der Waals surface area contributed by atoms with Crippen LogP contribution in [0.5, 0.6) is 0 Å². The van der Waals surface area contributed by atoms with Gasteiger partial charge in [-0.3, -0.25) is 0 Å². The molecule has 2 aromatic rings. The van der Waals surface area contributed by atoms with E-state index >= 15 is 0 Å². The summed E-state index contributed by atoms with van der Waals surface area (Å²) < 4.78 is 1.13. The molecule has 0 aliphatic carbocycles. The first-order valence-electron chi connectivity index (χ1n) is 5.73. The molecule has 0 bridgehead atoms.